The second-order valence-electron chi connectivity index (χ2n) is 6.06. The van der Waals surface area contributed by atoms with Crippen LogP contribution in [0.5, 0.6) is 5.75 Å². The zero-order chi connectivity index (χ0) is 16.6. The van der Waals surface area contributed by atoms with E-state index in [1.54, 1.807) is 4.90 Å². The summed E-state index contributed by atoms with van der Waals surface area (Å²) in [6.07, 6.45) is 1.03. The summed E-state index contributed by atoms with van der Waals surface area (Å²) in [5.74, 6) is 0.0488. The van der Waals surface area contributed by atoms with Crippen molar-refractivity contribution in [3.05, 3.63) is 40.9 Å². The standard InChI is InChI=1S/C18H18BrNO4/c19-16-14-4-2-1-3-13(14)5-6-15(16)24-17(21)20-9-7-18(8-10-20)22-11-12-23-18/h1-6H,7-12H2. The number of halogens is 1. The molecule has 2 aliphatic heterocycles. The van der Waals surface area contributed by atoms with Crippen LogP contribution in [0.3, 0.4) is 0 Å². The van der Waals surface area contributed by atoms with Crippen LogP contribution in [0.2, 0.25) is 0 Å². The van der Waals surface area contributed by atoms with Gasteiger partial charge >= 0.3 is 6.09 Å². The third kappa shape index (κ3) is 2.90. The van der Waals surface area contributed by atoms with Gasteiger partial charge in [-0.15, -0.1) is 0 Å². The van der Waals surface area contributed by atoms with Gasteiger partial charge < -0.3 is 19.1 Å². The lowest BCUT2D eigenvalue weighted by atomic mass is 10.0. The number of rotatable bonds is 1. The molecule has 1 amide bonds. The third-order valence-electron chi connectivity index (χ3n) is 4.62. The maximum Gasteiger partial charge on any atom is 0.415 e. The van der Waals surface area contributed by atoms with Crippen LogP contribution in [0.25, 0.3) is 10.8 Å². The van der Waals surface area contributed by atoms with Crippen LogP contribution in [0.15, 0.2) is 40.9 Å². The predicted molar refractivity (Wildman–Crippen MR) is 93.1 cm³/mol. The van der Waals surface area contributed by atoms with Gasteiger partial charge in [-0.3, -0.25) is 0 Å². The van der Waals surface area contributed by atoms with E-state index in [2.05, 4.69) is 15.9 Å². The van der Waals surface area contributed by atoms with Gasteiger partial charge in [0.2, 0.25) is 0 Å². The van der Waals surface area contributed by atoms with Crippen LogP contribution in [-0.2, 0) is 9.47 Å². The smallest absolute Gasteiger partial charge is 0.409 e. The topological polar surface area (TPSA) is 48.0 Å². The number of amides is 1. The van der Waals surface area contributed by atoms with Crippen molar-refractivity contribution in [2.75, 3.05) is 26.3 Å². The summed E-state index contributed by atoms with van der Waals surface area (Å²) in [7, 11) is 0. The van der Waals surface area contributed by atoms with Gasteiger partial charge in [-0.2, -0.15) is 0 Å². The highest BCUT2D eigenvalue weighted by molar-refractivity contribution is 9.10. The summed E-state index contributed by atoms with van der Waals surface area (Å²) in [4.78, 5) is 14.2. The Labute approximate surface area is 148 Å². The van der Waals surface area contributed by atoms with E-state index >= 15 is 0 Å². The lowest BCUT2D eigenvalue weighted by Gasteiger charge is -2.36. The highest BCUT2D eigenvalue weighted by atomic mass is 79.9. The summed E-state index contributed by atoms with van der Waals surface area (Å²) >= 11 is 3.55. The van der Waals surface area contributed by atoms with E-state index in [-0.39, 0.29) is 6.09 Å². The molecule has 0 aromatic heterocycles. The van der Waals surface area contributed by atoms with Crippen molar-refractivity contribution in [1.29, 1.82) is 0 Å². The molecule has 0 N–H and O–H groups in total. The fraction of sp³-hybridized carbons (Fsp3) is 0.389. The molecule has 2 fully saturated rings. The molecular formula is C18H18BrNO4. The minimum atomic E-state index is -0.486. The van der Waals surface area contributed by atoms with Gasteiger partial charge in [-0.05, 0) is 32.8 Å². The normalized spacial score (nSPS) is 19.8. The van der Waals surface area contributed by atoms with Crippen LogP contribution in [-0.4, -0.2) is 43.1 Å². The zero-order valence-electron chi connectivity index (χ0n) is 13.2. The molecule has 0 saturated carbocycles. The third-order valence-corrected chi connectivity index (χ3v) is 5.44. The summed E-state index contributed by atoms with van der Waals surface area (Å²) < 4.78 is 17.8. The van der Waals surface area contributed by atoms with Crippen molar-refractivity contribution in [3.63, 3.8) is 0 Å². The van der Waals surface area contributed by atoms with E-state index in [0.29, 0.717) is 44.9 Å². The minimum Gasteiger partial charge on any atom is -0.409 e. The Morgan fingerprint density at radius 1 is 1.08 bits per heavy atom. The van der Waals surface area contributed by atoms with Gasteiger partial charge in [-0.1, -0.05) is 30.3 Å². The number of carbonyl (C=O) groups is 1. The molecule has 2 saturated heterocycles. The van der Waals surface area contributed by atoms with Crippen molar-refractivity contribution in [2.45, 2.75) is 18.6 Å². The largest absolute Gasteiger partial charge is 0.415 e. The van der Waals surface area contributed by atoms with Crippen LogP contribution >= 0.6 is 15.9 Å². The number of hydrogen-bond donors (Lipinski definition) is 0. The first-order valence-electron chi connectivity index (χ1n) is 8.09. The van der Waals surface area contributed by atoms with E-state index < -0.39 is 5.79 Å². The monoisotopic (exact) mass is 391 g/mol. The van der Waals surface area contributed by atoms with E-state index in [0.717, 1.165) is 15.2 Å². The first-order valence-corrected chi connectivity index (χ1v) is 8.88. The minimum absolute atomic E-state index is 0.334. The van der Waals surface area contributed by atoms with Gasteiger partial charge in [0.1, 0.15) is 5.75 Å². The Bertz CT molecular complexity index is 763. The van der Waals surface area contributed by atoms with Crippen molar-refractivity contribution in [2.24, 2.45) is 0 Å². The summed E-state index contributed by atoms with van der Waals surface area (Å²) in [6.45, 7) is 2.41. The second kappa shape index (κ2) is 6.35. The first kappa shape index (κ1) is 15.9. The quantitative estimate of drug-likeness (QED) is 0.738. The van der Waals surface area contributed by atoms with Gasteiger partial charge in [0.25, 0.3) is 0 Å². The zero-order valence-corrected chi connectivity index (χ0v) is 14.8. The van der Waals surface area contributed by atoms with Crippen LogP contribution in [0.1, 0.15) is 12.8 Å². The Morgan fingerprint density at radius 2 is 1.79 bits per heavy atom. The molecule has 5 nitrogen and oxygen atoms in total. The second-order valence-corrected chi connectivity index (χ2v) is 6.85. The number of nitrogens with zero attached hydrogens (tertiary/aromatic N) is 1. The van der Waals surface area contributed by atoms with Crippen LogP contribution < -0.4 is 4.74 Å². The molecule has 2 heterocycles. The maximum atomic E-state index is 12.5. The average molecular weight is 392 g/mol. The van der Waals surface area contributed by atoms with Gasteiger partial charge in [-0.25, -0.2) is 4.79 Å². The van der Waals surface area contributed by atoms with Crippen LogP contribution in [0, 0.1) is 0 Å². The van der Waals surface area contributed by atoms with Gasteiger partial charge in [0.15, 0.2) is 5.79 Å². The number of benzene rings is 2. The lowest BCUT2D eigenvalue weighted by molar-refractivity contribution is -0.182. The number of likely N-dealkylation sites (tertiary alicyclic amines) is 1. The highest BCUT2D eigenvalue weighted by Gasteiger charge is 2.41. The van der Waals surface area contributed by atoms with Gasteiger partial charge in [0.05, 0.1) is 17.7 Å². The molecule has 0 unspecified atom stereocenters. The fourth-order valence-corrected chi connectivity index (χ4v) is 3.84. The highest BCUT2D eigenvalue weighted by Crippen LogP contribution is 2.35. The van der Waals surface area contributed by atoms with Crippen molar-refractivity contribution in [1.82, 2.24) is 4.90 Å². The Kier molecular flexibility index (Phi) is 4.20. The molecule has 2 aromatic rings. The van der Waals surface area contributed by atoms with E-state index in [9.17, 15) is 4.79 Å². The van der Waals surface area contributed by atoms with Crippen molar-refractivity contribution >= 4 is 32.8 Å². The molecule has 0 radical (unpaired) electrons. The number of ether oxygens (including phenoxy) is 3. The SMILES string of the molecule is O=C(Oc1ccc2ccccc2c1Br)N1CCC2(CC1)OCCO2. The molecule has 6 heteroatoms. The Morgan fingerprint density at radius 3 is 2.54 bits per heavy atom. The average Bonchev–Trinajstić information content (AvgIpc) is 3.06. The number of hydrogen-bond acceptors (Lipinski definition) is 4. The van der Waals surface area contributed by atoms with E-state index in [1.165, 1.54) is 0 Å². The molecule has 4 rings (SSSR count). The molecule has 126 valence electrons. The summed E-state index contributed by atoms with van der Waals surface area (Å²) in [5.41, 5.74) is 0. The molecule has 0 atom stereocenters. The molecule has 24 heavy (non-hydrogen) atoms. The van der Waals surface area contributed by atoms with Crippen LogP contribution in [0.4, 0.5) is 4.79 Å². The molecule has 2 aromatic carbocycles. The maximum absolute atomic E-state index is 12.5. The molecule has 1 spiro atoms. The first-order chi connectivity index (χ1) is 11.7. The summed E-state index contributed by atoms with van der Waals surface area (Å²) in [6, 6.07) is 11.7. The lowest BCUT2D eigenvalue weighted by Crippen LogP contribution is -2.48. The predicted octanol–water partition coefficient (Wildman–Crippen LogP) is 3.94. The van der Waals surface area contributed by atoms with Gasteiger partial charge in [0, 0.05) is 25.9 Å². The fourth-order valence-electron chi connectivity index (χ4n) is 3.27. The molecular weight excluding hydrogens is 374 g/mol. The number of piperidine rings is 1. The van der Waals surface area contributed by atoms with Crippen molar-refractivity contribution < 1.29 is 19.0 Å². The van der Waals surface area contributed by atoms with Crippen molar-refractivity contribution in [3.8, 4) is 5.75 Å². The summed E-state index contributed by atoms with van der Waals surface area (Å²) in [5, 5.41) is 2.12. The molecule has 0 bridgehead atoms. The number of fused-ring (bicyclic) bond motifs is 1. The van der Waals surface area contributed by atoms with E-state index in [1.807, 2.05) is 36.4 Å². The molecule has 2 aliphatic rings. The number of carbonyl (C=O) groups excluding carboxylic acids is 1. The Hall–Kier alpha value is -1.63. The Balaban J connectivity index is 1.46. The molecule has 0 aliphatic carbocycles. The van der Waals surface area contributed by atoms with E-state index in [4.69, 9.17) is 14.2 Å².